The van der Waals surface area contributed by atoms with Crippen molar-refractivity contribution < 1.29 is 5.11 Å². The molecular weight excluding hydrogens is 166 g/mol. The van der Waals surface area contributed by atoms with E-state index < -0.39 is 0 Å². The highest BCUT2D eigenvalue weighted by atomic mass is 16.3. The van der Waals surface area contributed by atoms with Crippen molar-refractivity contribution in [3.05, 3.63) is 18.0 Å². The Labute approximate surface area is 77.1 Å². The van der Waals surface area contributed by atoms with E-state index in [1.54, 1.807) is 6.20 Å². The molecule has 0 aromatic carbocycles. The van der Waals surface area contributed by atoms with Gasteiger partial charge in [0.15, 0.2) is 0 Å². The number of H-pyrrole nitrogens is 1. The molecule has 72 valence electrons. The third-order valence-electron chi connectivity index (χ3n) is 2.92. The zero-order valence-electron chi connectivity index (χ0n) is 7.53. The van der Waals surface area contributed by atoms with Gasteiger partial charge in [0, 0.05) is 17.3 Å². The number of aliphatic hydroxyl groups excluding tert-OH is 1. The van der Waals surface area contributed by atoms with E-state index in [0.717, 1.165) is 31.2 Å². The van der Waals surface area contributed by atoms with Gasteiger partial charge in [-0.1, -0.05) is 0 Å². The third-order valence-corrected chi connectivity index (χ3v) is 2.92. The Hall–Kier alpha value is -0.870. The molecule has 1 aromatic rings. The smallest absolute Gasteiger partial charge is 0.0541 e. The topological polar surface area (TPSA) is 74.9 Å². The fraction of sp³-hybridized carbons (Fsp3) is 0.667. The summed E-state index contributed by atoms with van der Waals surface area (Å²) in [4.78, 5) is 0. The van der Waals surface area contributed by atoms with E-state index >= 15 is 0 Å². The lowest BCUT2D eigenvalue weighted by Gasteiger charge is -2.34. The summed E-state index contributed by atoms with van der Waals surface area (Å²) >= 11 is 0. The molecule has 1 fully saturated rings. The van der Waals surface area contributed by atoms with Gasteiger partial charge in [0.25, 0.3) is 0 Å². The molecule has 0 atom stereocenters. The van der Waals surface area contributed by atoms with E-state index in [0.29, 0.717) is 0 Å². The van der Waals surface area contributed by atoms with Crippen molar-refractivity contribution in [1.29, 1.82) is 0 Å². The zero-order chi connectivity index (χ0) is 9.31. The van der Waals surface area contributed by atoms with Crippen molar-refractivity contribution >= 4 is 0 Å². The Morgan fingerprint density at radius 1 is 1.54 bits per heavy atom. The Morgan fingerprint density at radius 3 is 2.77 bits per heavy atom. The minimum Gasteiger partial charge on any atom is -0.393 e. The lowest BCUT2D eigenvalue weighted by molar-refractivity contribution is 0.0969. The van der Waals surface area contributed by atoms with E-state index in [2.05, 4.69) is 10.2 Å². The standard InChI is InChI=1S/C9H15N3O/c10-9(7-5-11-12-6-7)3-1-8(13)2-4-9/h5-6,8,13H,1-4,10H2,(H,11,12). The second-order valence-corrected chi connectivity index (χ2v) is 3.87. The molecule has 1 aliphatic rings. The van der Waals surface area contributed by atoms with Crippen LogP contribution in [0.3, 0.4) is 0 Å². The molecule has 13 heavy (non-hydrogen) atoms. The van der Waals surface area contributed by atoms with Gasteiger partial charge < -0.3 is 10.8 Å². The maximum atomic E-state index is 9.36. The van der Waals surface area contributed by atoms with Gasteiger partial charge in [-0.25, -0.2) is 0 Å². The van der Waals surface area contributed by atoms with Crippen LogP contribution in [0.2, 0.25) is 0 Å². The van der Waals surface area contributed by atoms with Crippen molar-refractivity contribution in [2.24, 2.45) is 5.73 Å². The largest absolute Gasteiger partial charge is 0.393 e. The first-order chi connectivity index (χ1) is 6.21. The van der Waals surface area contributed by atoms with Crippen LogP contribution in [-0.2, 0) is 5.54 Å². The average Bonchev–Trinajstić information content (AvgIpc) is 2.63. The fourth-order valence-corrected chi connectivity index (χ4v) is 1.93. The maximum absolute atomic E-state index is 9.36. The van der Waals surface area contributed by atoms with Crippen LogP contribution in [0.5, 0.6) is 0 Å². The predicted octanol–water partition coefficient (Wildman–Crippen LogP) is 0.499. The molecule has 4 N–H and O–H groups in total. The molecule has 4 nitrogen and oxygen atoms in total. The summed E-state index contributed by atoms with van der Waals surface area (Å²) in [6, 6.07) is 0. The highest BCUT2D eigenvalue weighted by Crippen LogP contribution is 2.34. The van der Waals surface area contributed by atoms with Gasteiger partial charge in [0.1, 0.15) is 0 Å². The van der Waals surface area contributed by atoms with E-state index in [-0.39, 0.29) is 11.6 Å². The monoisotopic (exact) mass is 181 g/mol. The van der Waals surface area contributed by atoms with E-state index in [4.69, 9.17) is 5.73 Å². The van der Waals surface area contributed by atoms with Crippen LogP contribution in [0.1, 0.15) is 31.2 Å². The third kappa shape index (κ3) is 1.59. The average molecular weight is 181 g/mol. The minimum absolute atomic E-state index is 0.163. The molecule has 1 heterocycles. The second kappa shape index (κ2) is 3.12. The second-order valence-electron chi connectivity index (χ2n) is 3.87. The van der Waals surface area contributed by atoms with Gasteiger partial charge in [-0.15, -0.1) is 0 Å². The van der Waals surface area contributed by atoms with E-state index in [1.807, 2.05) is 6.20 Å². The lowest BCUT2D eigenvalue weighted by atomic mass is 9.78. The minimum atomic E-state index is -0.272. The first-order valence-electron chi connectivity index (χ1n) is 4.67. The van der Waals surface area contributed by atoms with Crippen LogP contribution >= 0.6 is 0 Å². The van der Waals surface area contributed by atoms with Crippen molar-refractivity contribution in [2.75, 3.05) is 0 Å². The Bertz CT molecular complexity index is 262. The summed E-state index contributed by atoms with van der Waals surface area (Å²) in [5.74, 6) is 0. The SMILES string of the molecule is NC1(c2cn[nH]c2)CCC(O)CC1. The molecule has 2 rings (SSSR count). The van der Waals surface area contributed by atoms with E-state index in [1.165, 1.54) is 0 Å². The molecule has 0 unspecified atom stereocenters. The Balaban J connectivity index is 2.13. The highest BCUT2D eigenvalue weighted by molar-refractivity contribution is 5.17. The maximum Gasteiger partial charge on any atom is 0.0541 e. The number of nitrogens with zero attached hydrogens (tertiary/aromatic N) is 1. The molecule has 1 saturated carbocycles. The normalized spacial score (nSPS) is 34.8. The molecule has 0 radical (unpaired) electrons. The summed E-state index contributed by atoms with van der Waals surface area (Å²) in [6.45, 7) is 0. The van der Waals surface area contributed by atoms with Gasteiger partial charge in [-0.3, -0.25) is 5.10 Å². The van der Waals surface area contributed by atoms with Crippen LogP contribution in [0.25, 0.3) is 0 Å². The number of aromatic nitrogens is 2. The fourth-order valence-electron chi connectivity index (χ4n) is 1.93. The zero-order valence-corrected chi connectivity index (χ0v) is 7.53. The van der Waals surface area contributed by atoms with Crippen LogP contribution in [0.15, 0.2) is 12.4 Å². The Morgan fingerprint density at radius 2 is 2.23 bits per heavy atom. The molecule has 0 saturated heterocycles. The molecule has 0 amide bonds. The van der Waals surface area contributed by atoms with Gasteiger partial charge in [-0.2, -0.15) is 5.10 Å². The molecule has 1 aromatic heterocycles. The number of aromatic amines is 1. The number of aliphatic hydroxyl groups is 1. The van der Waals surface area contributed by atoms with Gasteiger partial charge in [0.2, 0.25) is 0 Å². The Kier molecular flexibility index (Phi) is 2.09. The number of nitrogens with one attached hydrogen (secondary N) is 1. The number of hydrogen-bond acceptors (Lipinski definition) is 3. The lowest BCUT2D eigenvalue weighted by Crippen LogP contribution is -2.41. The quantitative estimate of drug-likeness (QED) is 0.590. The summed E-state index contributed by atoms with van der Waals surface area (Å²) < 4.78 is 0. The van der Waals surface area contributed by atoms with Gasteiger partial charge in [-0.05, 0) is 25.7 Å². The predicted molar refractivity (Wildman–Crippen MR) is 48.9 cm³/mol. The van der Waals surface area contributed by atoms with Crippen molar-refractivity contribution in [3.8, 4) is 0 Å². The molecule has 0 spiro atoms. The molecule has 0 bridgehead atoms. The van der Waals surface area contributed by atoms with Crippen molar-refractivity contribution in [2.45, 2.75) is 37.3 Å². The van der Waals surface area contributed by atoms with E-state index in [9.17, 15) is 5.11 Å². The highest BCUT2D eigenvalue weighted by Gasteiger charge is 2.33. The van der Waals surface area contributed by atoms with Crippen LogP contribution < -0.4 is 5.73 Å². The van der Waals surface area contributed by atoms with Gasteiger partial charge >= 0.3 is 0 Å². The van der Waals surface area contributed by atoms with Crippen molar-refractivity contribution in [1.82, 2.24) is 10.2 Å². The van der Waals surface area contributed by atoms with Crippen molar-refractivity contribution in [3.63, 3.8) is 0 Å². The van der Waals surface area contributed by atoms with Crippen LogP contribution in [0, 0.1) is 0 Å². The summed E-state index contributed by atoms with van der Waals surface area (Å²) in [6.07, 6.45) is 6.73. The molecule has 0 aliphatic heterocycles. The number of rotatable bonds is 1. The summed E-state index contributed by atoms with van der Waals surface area (Å²) in [5, 5.41) is 16.0. The number of hydrogen-bond donors (Lipinski definition) is 3. The molecular formula is C9H15N3O. The van der Waals surface area contributed by atoms with Crippen LogP contribution in [0.4, 0.5) is 0 Å². The van der Waals surface area contributed by atoms with Gasteiger partial charge in [0.05, 0.1) is 12.3 Å². The van der Waals surface area contributed by atoms with Crippen LogP contribution in [-0.4, -0.2) is 21.4 Å². The summed E-state index contributed by atoms with van der Waals surface area (Å²) in [7, 11) is 0. The molecule has 4 heteroatoms. The molecule has 1 aliphatic carbocycles. The first kappa shape index (κ1) is 8.72. The summed E-state index contributed by atoms with van der Waals surface area (Å²) in [5.41, 5.74) is 7.00. The number of nitrogens with two attached hydrogens (primary N) is 1. The first-order valence-corrected chi connectivity index (χ1v) is 4.67.